The molecule has 180 valence electrons. The Kier molecular flexibility index (Phi) is 8.72. The van der Waals surface area contributed by atoms with Gasteiger partial charge in [0, 0.05) is 19.6 Å². The number of nitrogens with one attached hydrogen (secondary N) is 1. The van der Waals surface area contributed by atoms with Crippen molar-refractivity contribution >= 4 is 30.1 Å². The summed E-state index contributed by atoms with van der Waals surface area (Å²) < 4.78 is 0. The topological polar surface area (TPSA) is 52.6 Å². The van der Waals surface area contributed by atoms with Crippen LogP contribution in [0.2, 0.25) is 0 Å². The second-order valence-corrected chi connectivity index (χ2v) is 11.7. The van der Waals surface area contributed by atoms with Gasteiger partial charge in [0.2, 0.25) is 5.91 Å². The smallest absolute Gasteiger partial charge is 0.245 e. The second kappa shape index (κ2) is 10.5. The molecule has 0 aliphatic carbocycles. The van der Waals surface area contributed by atoms with Crippen LogP contribution in [0.25, 0.3) is 0 Å². The van der Waals surface area contributed by atoms with Crippen molar-refractivity contribution in [1.82, 2.24) is 10.2 Å². The summed E-state index contributed by atoms with van der Waals surface area (Å²) >= 11 is 1.51. The Balaban J connectivity index is 0.00000385. The first-order valence-electron chi connectivity index (χ1n) is 11.2. The monoisotopic (exact) mass is 488 g/mol. The van der Waals surface area contributed by atoms with Gasteiger partial charge < -0.3 is 15.3 Å². The number of aromatic hydroxyl groups is 1. The quantitative estimate of drug-likeness (QED) is 0.469. The van der Waals surface area contributed by atoms with E-state index in [-0.39, 0.29) is 34.4 Å². The molecule has 1 aliphatic rings. The number of halogens is 1. The molecule has 3 rings (SSSR count). The third-order valence-electron chi connectivity index (χ3n) is 5.78. The number of hydrogen-bond donors (Lipinski definition) is 2. The second-order valence-electron chi connectivity index (χ2n) is 10.5. The number of carbonyl (C=O) groups excluding carboxylic acids is 1. The summed E-state index contributed by atoms with van der Waals surface area (Å²) in [5, 5.41) is 14.9. The van der Waals surface area contributed by atoms with Crippen molar-refractivity contribution in [2.75, 3.05) is 13.1 Å². The molecule has 0 radical (unpaired) electrons. The largest absolute Gasteiger partial charge is 0.507 e. The van der Waals surface area contributed by atoms with E-state index in [0.29, 0.717) is 18.8 Å². The molecular formula is C27H37ClN2O2S. The number of phenolic OH excluding ortho intramolecular Hbond substituents is 1. The molecule has 2 aromatic rings. The van der Waals surface area contributed by atoms with Crippen LogP contribution >= 0.6 is 24.2 Å². The van der Waals surface area contributed by atoms with Crippen LogP contribution in [0.1, 0.15) is 69.0 Å². The molecule has 1 unspecified atom stereocenters. The Bertz CT molecular complexity index is 958. The Hall–Kier alpha value is -1.95. The number of carbonyl (C=O) groups is 1. The van der Waals surface area contributed by atoms with Gasteiger partial charge in [0.15, 0.2) is 0 Å². The van der Waals surface area contributed by atoms with Gasteiger partial charge in [0.1, 0.15) is 11.0 Å². The van der Waals surface area contributed by atoms with Gasteiger partial charge >= 0.3 is 0 Å². The number of amides is 1. The molecule has 4 nitrogen and oxygen atoms in total. The summed E-state index contributed by atoms with van der Waals surface area (Å²) in [6.45, 7) is 18.7. The average molecular weight is 489 g/mol. The Morgan fingerprint density at radius 1 is 1.03 bits per heavy atom. The van der Waals surface area contributed by atoms with Gasteiger partial charge in [0.25, 0.3) is 0 Å². The fraction of sp³-hybridized carbons (Fsp3) is 0.444. The fourth-order valence-corrected chi connectivity index (χ4v) is 5.01. The molecule has 0 spiro atoms. The number of hydrogen-bond acceptors (Lipinski definition) is 4. The average Bonchev–Trinajstić information content (AvgIpc) is 2.98. The van der Waals surface area contributed by atoms with E-state index in [4.69, 9.17) is 0 Å². The third kappa shape index (κ3) is 6.34. The van der Waals surface area contributed by atoms with Gasteiger partial charge in [-0.3, -0.25) is 4.79 Å². The molecule has 2 N–H and O–H groups in total. The van der Waals surface area contributed by atoms with E-state index in [0.717, 1.165) is 28.3 Å². The summed E-state index contributed by atoms with van der Waals surface area (Å²) in [4.78, 5) is 15.1. The number of rotatable bonds is 6. The van der Waals surface area contributed by atoms with E-state index < -0.39 is 0 Å². The molecule has 0 aromatic heterocycles. The number of thioether (sulfide) groups is 1. The van der Waals surface area contributed by atoms with Crippen LogP contribution in [0.15, 0.2) is 54.1 Å². The van der Waals surface area contributed by atoms with Crippen LogP contribution in [0.4, 0.5) is 0 Å². The van der Waals surface area contributed by atoms with E-state index >= 15 is 0 Å². The first-order chi connectivity index (χ1) is 14.9. The van der Waals surface area contributed by atoms with Crippen LogP contribution in [-0.4, -0.2) is 29.0 Å². The minimum absolute atomic E-state index is 0. The fourth-order valence-electron chi connectivity index (χ4n) is 3.93. The first-order valence-corrected chi connectivity index (χ1v) is 12.1. The lowest BCUT2D eigenvalue weighted by Gasteiger charge is -2.29. The molecule has 1 saturated heterocycles. The van der Waals surface area contributed by atoms with Gasteiger partial charge in [-0.15, -0.1) is 12.4 Å². The number of nitrogens with zero attached hydrogens (tertiary/aromatic N) is 1. The van der Waals surface area contributed by atoms with Crippen molar-refractivity contribution in [2.45, 2.75) is 64.2 Å². The summed E-state index contributed by atoms with van der Waals surface area (Å²) in [5.74, 6) is 0.400. The molecule has 6 heteroatoms. The van der Waals surface area contributed by atoms with Crippen LogP contribution < -0.4 is 5.32 Å². The highest BCUT2D eigenvalue weighted by molar-refractivity contribution is 8.04. The van der Waals surface area contributed by atoms with Crippen LogP contribution in [-0.2, 0) is 22.2 Å². The van der Waals surface area contributed by atoms with Crippen LogP contribution in [0.5, 0.6) is 5.75 Å². The van der Waals surface area contributed by atoms with Crippen LogP contribution in [0, 0.1) is 0 Å². The van der Waals surface area contributed by atoms with Gasteiger partial charge in [0.05, 0.1) is 5.03 Å². The highest BCUT2D eigenvalue weighted by Gasteiger charge is 2.38. The Morgan fingerprint density at radius 2 is 1.58 bits per heavy atom. The number of benzene rings is 2. The van der Waals surface area contributed by atoms with Crippen molar-refractivity contribution in [1.29, 1.82) is 0 Å². The molecule has 1 atom stereocenters. The molecule has 1 fully saturated rings. The zero-order chi connectivity index (χ0) is 23.7. The van der Waals surface area contributed by atoms with Gasteiger partial charge in [-0.2, -0.15) is 0 Å². The Labute approximate surface area is 209 Å². The zero-order valence-electron chi connectivity index (χ0n) is 20.6. The minimum Gasteiger partial charge on any atom is -0.507 e. The van der Waals surface area contributed by atoms with E-state index in [1.807, 2.05) is 30.3 Å². The minimum atomic E-state index is -0.334. The molecular weight excluding hydrogens is 452 g/mol. The molecule has 1 amide bonds. The lowest BCUT2D eigenvalue weighted by Crippen LogP contribution is -2.33. The maximum absolute atomic E-state index is 13.3. The SMILES string of the molecule is C=C1SC(c2cc(C(C)(C)C)c(O)c(C(C)(C)C)c2)C(=O)N1CCNCc1ccccc1.Cl. The van der Waals surface area contributed by atoms with Gasteiger partial charge in [-0.05, 0) is 45.2 Å². The van der Waals surface area contributed by atoms with E-state index in [2.05, 4.69) is 65.6 Å². The lowest BCUT2D eigenvalue weighted by molar-refractivity contribution is -0.127. The predicted octanol–water partition coefficient (Wildman–Crippen LogP) is 6.29. The van der Waals surface area contributed by atoms with E-state index in [1.165, 1.54) is 17.3 Å². The predicted molar refractivity (Wildman–Crippen MR) is 142 cm³/mol. The van der Waals surface area contributed by atoms with Gasteiger partial charge in [-0.25, -0.2) is 0 Å². The summed E-state index contributed by atoms with van der Waals surface area (Å²) in [6, 6.07) is 14.2. The van der Waals surface area contributed by atoms with Crippen molar-refractivity contribution < 1.29 is 9.90 Å². The third-order valence-corrected chi connectivity index (χ3v) is 6.98. The zero-order valence-corrected chi connectivity index (χ0v) is 22.2. The maximum atomic E-state index is 13.3. The molecule has 1 aliphatic heterocycles. The molecule has 2 aromatic carbocycles. The molecule has 0 saturated carbocycles. The highest BCUT2D eigenvalue weighted by Crippen LogP contribution is 2.48. The Morgan fingerprint density at radius 3 is 2.09 bits per heavy atom. The normalized spacial score (nSPS) is 16.8. The first kappa shape index (κ1) is 27.3. The van der Waals surface area contributed by atoms with Crippen molar-refractivity contribution in [3.05, 3.63) is 76.3 Å². The molecule has 1 heterocycles. The molecule has 0 bridgehead atoms. The molecule has 33 heavy (non-hydrogen) atoms. The van der Waals surface area contributed by atoms with Crippen molar-refractivity contribution in [2.24, 2.45) is 0 Å². The summed E-state index contributed by atoms with van der Waals surface area (Å²) in [7, 11) is 0. The summed E-state index contributed by atoms with van der Waals surface area (Å²) in [5.41, 5.74) is 3.45. The van der Waals surface area contributed by atoms with Gasteiger partial charge in [-0.1, -0.05) is 90.2 Å². The highest BCUT2D eigenvalue weighted by atomic mass is 35.5. The summed E-state index contributed by atoms with van der Waals surface area (Å²) in [6.07, 6.45) is 0. The van der Waals surface area contributed by atoms with Crippen molar-refractivity contribution in [3.8, 4) is 5.75 Å². The van der Waals surface area contributed by atoms with Crippen LogP contribution in [0.3, 0.4) is 0 Å². The van der Waals surface area contributed by atoms with E-state index in [9.17, 15) is 9.90 Å². The standard InChI is InChI=1S/C27H36N2O2S.ClH/c1-18-29(14-13-28-17-19-11-9-8-10-12-19)25(31)24(32-18)20-15-21(26(2,3)4)23(30)22(16-20)27(5,6)7;/h8-12,15-16,24,28,30H,1,13-14,17H2,2-7H3;1H. The number of phenols is 1. The maximum Gasteiger partial charge on any atom is 0.245 e. The van der Waals surface area contributed by atoms with E-state index in [1.54, 1.807) is 4.90 Å². The lowest BCUT2D eigenvalue weighted by atomic mass is 9.78. The van der Waals surface area contributed by atoms with Crippen molar-refractivity contribution in [3.63, 3.8) is 0 Å².